The Morgan fingerprint density at radius 1 is 1.19 bits per heavy atom. The molecule has 3 aromatic rings. The molecular formula is C18H18Cl2N4O2. The van der Waals surface area contributed by atoms with Crippen molar-refractivity contribution in [3.63, 3.8) is 0 Å². The van der Waals surface area contributed by atoms with Crippen molar-refractivity contribution in [1.82, 2.24) is 15.1 Å². The molecule has 136 valence electrons. The van der Waals surface area contributed by atoms with Crippen molar-refractivity contribution in [2.75, 3.05) is 25.5 Å². The third kappa shape index (κ3) is 4.20. The number of para-hydroxylation sites is 1. The predicted octanol–water partition coefficient (Wildman–Crippen LogP) is 3.58. The molecule has 3 rings (SSSR count). The second-order valence-corrected chi connectivity index (χ2v) is 6.36. The van der Waals surface area contributed by atoms with Crippen LogP contribution in [0.2, 0.25) is 10.2 Å². The summed E-state index contributed by atoms with van der Waals surface area (Å²) in [6.07, 6.45) is 0. The number of benzene rings is 2. The van der Waals surface area contributed by atoms with Gasteiger partial charge in [0.25, 0.3) is 0 Å². The largest absolute Gasteiger partial charge is 0.495 e. The van der Waals surface area contributed by atoms with E-state index in [4.69, 9.17) is 27.9 Å². The van der Waals surface area contributed by atoms with Crippen molar-refractivity contribution in [2.45, 2.75) is 6.54 Å². The molecule has 26 heavy (non-hydrogen) atoms. The van der Waals surface area contributed by atoms with E-state index in [9.17, 15) is 4.79 Å². The van der Waals surface area contributed by atoms with Gasteiger partial charge in [-0.05, 0) is 24.3 Å². The van der Waals surface area contributed by atoms with Gasteiger partial charge in [-0.25, -0.2) is 0 Å². The van der Waals surface area contributed by atoms with Crippen LogP contribution in [0.25, 0.3) is 10.9 Å². The van der Waals surface area contributed by atoms with Crippen molar-refractivity contribution in [2.24, 2.45) is 0 Å². The van der Waals surface area contributed by atoms with E-state index in [2.05, 4.69) is 15.7 Å². The molecule has 1 amide bonds. The summed E-state index contributed by atoms with van der Waals surface area (Å²) in [6.45, 7) is 1.15. The molecule has 1 aromatic heterocycles. The molecule has 1 heterocycles. The van der Waals surface area contributed by atoms with Gasteiger partial charge in [0, 0.05) is 30.2 Å². The molecule has 0 bridgehead atoms. The first-order chi connectivity index (χ1) is 12.6. The molecule has 8 heteroatoms. The quantitative estimate of drug-likeness (QED) is 0.603. The van der Waals surface area contributed by atoms with Gasteiger partial charge in [-0.2, -0.15) is 5.10 Å². The predicted molar refractivity (Wildman–Crippen MR) is 104 cm³/mol. The van der Waals surface area contributed by atoms with Crippen molar-refractivity contribution in [1.29, 1.82) is 0 Å². The third-order valence-electron chi connectivity index (χ3n) is 3.83. The average molecular weight is 393 g/mol. The molecule has 0 fully saturated rings. The molecule has 2 N–H and O–H groups in total. The van der Waals surface area contributed by atoms with Crippen LogP contribution in [0.1, 0.15) is 0 Å². The van der Waals surface area contributed by atoms with E-state index in [0.29, 0.717) is 29.0 Å². The van der Waals surface area contributed by atoms with Crippen LogP contribution in [0.15, 0.2) is 42.5 Å². The number of hydrogen-bond donors (Lipinski definition) is 2. The number of methoxy groups -OCH3 is 1. The van der Waals surface area contributed by atoms with Gasteiger partial charge in [0.2, 0.25) is 5.91 Å². The first kappa shape index (κ1) is 18.4. The molecule has 0 unspecified atom stereocenters. The monoisotopic (exact) mass is 392 g/mol. The Morgan fingerprint density at radius 2 is 2.00 bits per heavy atom. The number of carbonyl (C=O) groups excluding carboxylic acids is 1. The minimum absolute atomic E-state index is 0.113. The van der Waals surface area contributed by atoms with Crippen LogP contribution in [0.5, 0.6) is 5.75 Å². The van der Waals surface area contributed by atoms with E-state index in [1.165, 1.54) is 0 Å². The molecule has 0 aliphatic carbocycles. The number of carbonyl (C=O) groups is 1. The first-order valence-corrected chi connectivity index (χ1v) is 8.79. The Kier molecular flexibility index (Phi) is 5.85. The van der Waals surface area contributed by atoms with Gasteiger partial charge in [0.15, 0.2) is 5.15 Å². The molecule has 0 aliphatic heterocycles. The van der Waals surface area contributed by atoms with E-state index in [1.807, 2.05) is 36.4 Å². The van der Waals surface area contributed by atoms with Crippen molar-refractivity contribution >= 4 is 45.7 Å². The first-order valence-electron chi connectivity index (χ1n) is 8.03. The Bertz CT molecular complexity index is 927. The van der Waals surface area contributed by atoms with Crippen molar-refractivity contribution in [3.05, 3.63) is 52.6 Å². The van der Waals surface area contributed by atoms with E-state index in [1.54, 1.807) is 17.9 Å². The Labute approximate surface area is 161 Å². The minimum atomic E-state index is -0.134. The molecule has 0 saturated heterocycles. The van der Waals surface area contributed by atoms with E-state index in [0.717, 1.165) is 16.6 Å². The molecular weight excluding hydrogens is 375 g/mol. The van der Waals surface area contributed by atoms with E-state index >= 15 is 0 Å². The number of ether oxygens (including phenoxy) is 1. The molecule has 0 spiro atoms. The van der Waals surface area contributed by atoms with Crippen molar-refractivity contribution in [3.8, 4) is 5.75 Å². The summed E-state index contributed by atoms with van der Waals surface area (Å²) in [5.74, 6) is 0.466. The second kappa shape index (κ2) is 8.29. The fourth-order valence-electron chi connectivity index (χ4n) is 2.58. The molecule has 6 nitrogen and oxygen atoms in total. The molecule has 0 atom stereocenters. The van der Waals surface area contributed by atoms with Crippen LogP contribution in [0.3, 0.4) is 0 Å². The summed E-state index contributed by atoms with van der Waals surface area (Å²) in [7, 11) is 1.57. The number of anilines is 1. The fourth-order valence-corrected chi connectivity index (χ4v) is 3.02. The average Bonchev–Trinajstić information content (AvgIpc) is 2.96. The number of nitrogens with zero attached hydrogens (tertiary/aromatic N) is 2. The summed E-state index contributed by atoms with van der Waals surface area (Å²) in [5, 5.41) is 12.0. The standard InChI is InChI=1S/C18H18Cl2N4O2/c1-26-16-10-12(6-7-14(16)19)21-8-9-22-17(25)11-24-15-5-3-2-4-13(15)18(20)23-24/h2-7,10,21H,8-9,11H2,1H3,(H,22,25). The van der Waals surface area contributed by atoms with Gasteiger partial charge < -0.3 is 15.4 Å². The normalized spacial score (nSPS) is 10.7. The molecule has 0 saturated carbocycles. The summed E-state index contributed by atoms with van der Waals surface area (Å²) < 4.78 is 6.77. The van der Waals surface area contributed by atoms with Crippen LogP contribution in [0.4, 0.5) is 5.69 Å². The number of fused-ring (bicyclic) bond motifs is 1. The number of aromatic nitrogens is 2. The maximum atomic E-state index is 12.1. The number of nitrogens with one attached hydrogen (secondary N) is 2. The van der Waals surface area contributed by atoms with Gasteiger partial charge >= 0.3 is 0 Å². The molecule has 2 aromatic carbocycles. The summed E-state index contributed by atoms with van der Waals surface area (Å²) in [4.78, 5) is 12.1. The van der Waals surface area contributed by atoms with Gasteiger partial charge in [0.05, 0.1) is 17.6 Å². The van der Waals surface area contributed by atoms with Crippen LogP contribution < -0.4 is 15.4 Å². The summed E-state index contributed by atoms with van der Waals surface area (Å²) in [5.41, 5.74) is 1.70. The number of halogens is 2. The highest BCUT2D eigenvalue weighted by atomic mass is 35.5. The van der Waals surface area contributed by atoms with Crippen LogP contribution in [0, 0.1) is 0 Å². The smallest absolute Gasteiger partial charge is 0.241 e. The highest BCUT2D eigenvalue weighted by Crippen LogP contribution is 2.27. The number of hydrogen-bond acceptors (Lipinski definition) is 4. The summed E-state index contributed by atoms with van der Waals surface area (Å²) >= 11 is 12.1. The highest BCUT2D eigenvalue weighted by Gasteiger charge is 2.11. The minimum Gasteiger partial charge on any atom is -0.495 e. The lowest BCUT2D eigenvalue weighted by Crippen LogP contribution is -2.31. The Balaban J connectivity index is 1.50. The highest BCUT2D eigenvalue weighted by molar-refractivity contribution is 6.34. The summed E-state index contributed by atoms with van der Waals surface area (Å²) in [6, 6.07) is 13.0. The lowest BCUT2D eigenvalue weighted by Gasteiger charge is -2.10. The van der Waals surface area contributed by atoms with Gasteiger partial charge in [-0.15, -0.1) is 0 Å². The zero-order chi connectivity index (χ0) is 18.5. The third-order valence-corrected chi connectivity index (χ3v) is 4.43. The maximum absolute atomic E-state index is 12.1. The number of amides is 1. The Morgan fingerprint density at radius 3 is 2.81 bits per heavy atom. The fraction of sp³-hybridized carbons (Fsp3) is 0.222. The topological polar surface area (TPSA) is 68.2 Å². The molecule has 0 radical (unpaired) electrons. The maximum Gasteiger partial charge on any atom is 0.241 e. The van der Waals surface area contributed by atoms with Gasteiger partial charge in [-0.1, -0.05) is 35.3 Å². The molecule has 0 aliphatic rings. The lowest BCUT2D eigenvalue weighted by atomic mass is 10.2. The van der Waals surface area contributed by atoms with Crippen LogP contribution >= 0.6 is 23.2 Å². The van der Waals surface area contributed by atoms with Gasteiger partial charge in [0.1, 0.15) is 12.3 Å². The van der Waals surface area contributed by atoms with E-state index < -0.39 is 0 Å². The lowest BCUT2D eigenvalue weighted by molar-refractivity contribution is -0.121. The van der Waals surface area contributed by atoms with Crippen molar-refractivity contribution < 1.29 is 9.53 Å². The number of rotatable bonds is 7. The van der Waals surface area contributed by atoms with Crippen LogP contribution in [-0.4, -0.2) is 35.9 Å². The van der Waals surface area contributed by atoms with E-state index in [-0.39, 0.29) is 12.5 Å². The zero-order valence-corrected chi connectivity index (χ0v) is 15.6. The Hall–Kier alpha value is -2.44. The van der Waals surface area contributed by atoms with Crippen LogP contribution in [-0.2, 0) is 11.3 Å². The second-order valence-electron chi connectivity index (χ2n) is 5.59. The zero-order valence-electron chi connectivity index (χ0n) is 14.1. The SMILES string of the molecule is COc1cc(NCCNC(=O)Cn2nc(Cl)c3ccccc32)ccc1Cl. The van der Waals surface area contributed by atoms with Gasteiger partial charge in [-0.3, -0.25) is 9.48 Å².